The van der Waals surface area contributed by atoms with E-state index in [1.54, 1.807) is 29.2 Å². The largest absolute Gasteiger partial charge is 0.328 e. The first-order valence-electron chi connectivity index (χ1n) is 9.65. The molecule has 2 unspecified atom stereocenters. The van der Waals surface area contributed by atoms with E-state index in [1.165, 1.54) is 0 Å². The molecule has 2 atom stereocenters. The highest BCUT2D eigenvalue weighted by molar-refractivity contribution is 9.10. The van der Waals surface area contributed by atoms with Crippen molar-refractivity contribution in [2.45, 2.75) is 19.4 Å². The summed E-state index contributed by atoms with van der Waals surface area (Å²) in [6.45, 7) is 3.21. The van der Waals surface area contributed by atoms with E-state index in [0.29, 0.717) is 12.1 Å². The highest BCUT2D eigenvalue weighted by atomic mass is 79.9. The van der Waals surface area contributed by atoms with E-state index in [4.69, 9.17) is 0 Å². The number of benzene rings is 2. The van der Waals surface area contributed by atoms with Crippen LogP contribution in [-0.2, 0) is 9.59 Å². The Labute approximate surface area is 179 Å². The van der Waals surface area contributed by atoms with Gasteiger partial charge in [-0.25, -0.2) is 0 Å². The van der Waals surface area contributed by atoms with Gasteiger partial charge in [0, 0.05) is 16.6 Å². The van der Waals surface area contributed by atoms with E-state index < -0.39 is 23.7 Å². The molecule has 0 aromatic heterocycles. The monoisotopic (exact) mass is 456 g/mol. The van der Waals surface area contributed by atoms with Crippen molar-refractivity contribution in [3.63, 3.8) is 0 Å². The van der Waals surface area contributed by atoms with E-state index in [0.717, 1.165) is 28.6 Å². The van der Waals surface area contributed by atoms with Gasteiger partial charge in [0.25, 0.3) is 5.91 Å². The highest BCUT2D eigenvalue weighted by Gasteiger charge is 2.51. The van der Waals surface area contributed by atoms with E-state index in [9.17, 15) is 14.4 Å². The fourth-order valence-corrected chi connectivity index (χ4v) is 3.98. The molecule has 29 heavy (non-hydrogen) atoms. The highest BCUT2D eigenvalue weighted by Crippen LogP contribution is 2.38. The zero-order chi connectivity index (χ0) is 21.1. The van der Waals surface area contributed by atoms with Crippen LogP contribution in [0.2, 0.25) is 0 Å². The number of halogens is 1. The van der Waals surface area contributed by atoms with Crippen molar-refractivity contribution in [2.75, 3.05) is 27.2 Å². The minimum atomic E-state index is -1.02. The third kappa shape index (κ3) is 4.65. The lowest BCUT2D eigenvalue weighted by atomic mass is 9.86. The maximum Gasteiger partial charge on any atom is 0.291 e. The fourth-order valence-electron chi connectivity index (χ4n) is 3.71. The molecule has 0 saturated carbocycles. The van der Waals surface area contributed by atoms with Crippen LogP contribution in [-0.4, -0.2) is 54.5 Å². The molecule has 6 heteroatoms. The number of hydrogen-bond acceptors (Lipinski definition) is 4. The number of hydrogen-bond donors (Lipinski definition) is 0. The maximum atomic E-state index is 13.3. The van der Waals surface area contributed by atoms with E-state index in [2.05, 4.69) is 15.9 Å². The summed E-state index contributed by atoms with van der Waals surface area (Å²) in [5.41, 5.74) is 2.33. The standard InChI is InChI=1S/C23H25BrN2O3/c1-15-5-7-16(8-6-15)20-19(21(27)17-9-11-18(24)12-10-17)22(28)23(29)26(20)14-4-13-25(2)3/h5-12,19-20H,4,13-14H2,1-3H3. The number of Topliss-reactive ketones (excluding diaryl/α,β-unsaturated/α-hetero) is 2. The van der Waals surface area contributed by atoms with Gasteiger partial charge < -0.3 is 9.80 Å². The van der Waals surface area contributed by atoms with Crippen LogP contribution in [0.4, 0.5) is 0 Å². The molecule has 5 nitrogen and oxygen atoms in total. The predicted molar refractivity (Wildman–Crippen MR) is 116 cm³/mol. The number of nitrogens with zero attached hydrogens (tertiary/aromatic N) is 2. The second-order valence-electron chi connectivity index (χ2n) is 7.72. The molecule has 3 rings (SSSR count). The van der Waals surface area contributed by atoms with Crippen LogP contribution in [0.15, 0.2) is 53.0 Å². The molecular weight excluding hydrogens is 432 g/mol. The van der Waals surface area contributed by atoms with Gasteiger partial charge in [-0.3, -0.25) is 14.4 Å². The van der Waals surface area contributed by atoms with Crippen LogP contribution in [0.3, 0.4) is 0 Å². The Morgan fingerprint density at radius 3 is 2.24 bits per heavy atom. The molecule has 1 fully saturated rings. The minimum Gasteiger partial charge on any atom is -0.328 e. The summed E-state index contributed by atoms with van der Waals surface area (Å²) in [5.74, 6) is -2.51. The fraction of sp³-hybridized carbons (Fsp3) is 0.348. The van der Waals surface area contributed by atoms with Crippen molar-refractivity contribution in [3.8, 4) is 0 Å². The summed E-state index contributed by atoms with van der Waals surface area (Å²) in [6.07, 6.45) is 0.730. The van der Waals surface area contributed by atoms with Crippen LogP contribution in [0.1, 0.15) is 33.9 Å². The SMILES string of the molecule is Cc1ccc(C2C(C(=O)c3ccc(Br)cc3)C(=O)C(=O)N2CCCN(C)C)cc1. The number of likely N-dealkylation sites (tertiary alicyclic amines) is 1. The molecule has 2 aromatic carbocycles. The zero-order valence-corrected chi connectivity index (χ0v) is 18.5. The molecule has 1 aliphatic rings. The summed E-state index contributed by atoms with van der Waals surface area (Å²) < 4.78 is 0.850. The summed E-state index contributed by atoms with van der Waals surface area (Å²) in [5, 5.41) is 0. The normalized spacial score (nSPS) is 19.3. The third-order valence-electron chi connectivity index (χ3n) is 5.24. The molecule has 2 aromatic rings. The number of carbonyl (C=O) groups is 3. The molecule has 152 valence electrons. The zero-order valence-electron chi connectivity index (χ0n) is 16.9. The minimum absolute atomic E-state index is 0.309. The van der Waals surface area contributed by atoms with Crippen LogP contribution in [0.5, 0.6) is 0 Å². The van der Waals surface area contributed by atoms with E-state index in [-0.39, 0.29) is 5.78 Å². The van der Waals surface area contributed by atoms with Crippen LogP contribution >= 0.6 is 15.9 Å². The van der Waals surface area contributed by atoms with Gasteiger partial charge >= 0.3 is 0 Å². The van der Waals surface area contributed by atoms with Gasteiger partial charge in [-0.05, 0) is 51.7 Å². The molecule has 1 aliphatic heterocycles. The first-order chi connectivity index (χ1) is 13.8. The summed E-state index contributed by atoms with van der Waals surface area (Å²) in [6, 6.07) is 14.0. The van der Waals surface area contributed by atoms with Crippen LogP contribution in [0, 0.1) is 12.8 Å². The van der Waals surface area contributed by atoms with Crippen molar-refractivity contribution in [2.24, 2.45) is 5.92 Å². The Bertz CT molecular complexity index is 907. The van der Waals surface area contributed by atoms with Gasteiger partial charge in [-0.1, -0.05) is 57.9 Å². The lowest BCUT2D eigenvalue weighted by Crippen LogP contribution is -2.33. The number of ketones is 2. The van der Waals surface area contributed by atoms with Crippen molar-refractivity contribution in [1.29, 1.82) is 0 Å². The van der Waals surface area contributed by atoms with Gasteiger partial charge in [0.15, 0.2) is 5.78 Å². The van der Waals surface area contributed by atoms with E-state index >= 15 is 0 Å². The van der Waals surface area contributed by atoms with Crippen molar-refractivity contribution in [3.05, 3.63) is 69.7 Å². The molecule has 1 amide bonds. The molecule has 0 aliphatic carbocycles. The molecule has 0 bridgehead atoms. The maximum absolute atomic E-state index is 13.3. The number of aryl methyl sites for hydroxylation is 1. The Morgan fingerprint density at radius 2 is 1.66 bits per heavy atom. The Hall–Kier alpha value is -2.31. The van der Waals surface area contributed by atoms with Gasteiger partial charge in [-0.2, -0.15) is 0 Å². The topological polar surface area (TPSA) is 57.7 Å². The number of amides is 1. The number of rotatable bonds is 7. The lowest BCUT2D eigenvalue weighted by Gasteiger charge is -2.28. The third-order valence-corrected chi connectivity index (χ3v) is 5.77. The molecule has 0 radical (unpaired) electrons. The molecule has 1 saturated heterocycles. The van der Waals surface area contributed by atoms with E-state index in [1.807, 2.05) is 50.2 Å². The molecule has 1 heterocycles. The molecular formula is C23H25BrN2O3. The molecule has 0 N–H and O–H groups in total. The average Bonchev–Trinajstić information content (AvgIpc) is 2.93. The van der Waals surface area contributed by atoms with Crippen LogP contribution in [0.25, 0.3) is 0 Å². The summed E-state index contributed by atoms with van der Waals surface area (Å²) >= 11 is 3.36. The number of carbonyl (C=O) groups excluding carboxylic acids is 3. The van der Waals surface area contributed by atoms with Crippen molar-refractivity contribution < 1.29 is 14.4 Å². The second kappa shape index (κ2) is 9.01. The quantitative estimate of drug-likeness (QED) is 0.362. The van der Waals surface area contributed by atoms with Gasteiger partial charge in [0.2, 0.25) is 5.78 Å². The first-order valence-corrected chi connectivity index (χ1v) is 10.4. The van der Waals surface area contributed by atoms with Gasteiger partial charge in [-0.15, -0.1) is 0 Å². The van der Waals surface area contributed by atoms with Crippen molar-refractivity contribution in [1.82, 2.24) is 9.80 Å². The smallest absolute Gasteiger partial charge is 0.291 e. The van der Waals surface area contributed by atoms with Crippen molar-refractivity contribution >= 4 is 33.4 Å². The second-order valence-corrected chi connectivity index (χ2v) is 8.64. The lowest BCUT2D eigenvalue weighted by molar-refractivity contribution is -0.140. The Kier molecular flexibility index (Phi) is 6.65. The molecule has 0 spiro atoms. The summed E-state index contributed by atoms with van der Waals surface area (Å²) in [7, 11) is 3.93. The predicted octanol–water partition coefficient (Wildman–Crippen LogP) is 3.66. The van der Waals surface area contributed by atoms with Gasteiger partial charge in [0.1, 0.15) is 5.92 Å². The Morgan fingerprint density at radius 1 is 1.03 bits per heavy atom. The average molecular weight is 457 g/mol. The first kappa shape index (κ1) is 21.4. The Balaban J connectivity index is 1.98. The van der Waals surface area contributed by atoms with Crippen LogP contribution < -0.4 is 0 Å². The van der Waals surface area contributed by atoms with Gasteiger partial charge in [0.05, 0.1) is 6.04 Å². The summed E-state index contributed by atoms with van der Waals surface area (Å²) in [4.78, 5) is 42.6.